The van der Waals surface area contributed by atoms with Gasteiger partial charge in [-0.1, -0.05) is 20.8 Å². The Morgan fingerprint density at radius 1 is 1.15 bits per heavy atom. The van der Waals surface area contributed by atoms with Crippen LogP contribution in [-0.2, 0) is 4.79 Å². The van der Waals surface area contributed by atoms with Gasteiger partial charge in [0, 0.05) is 5.92 Å². The third kappa shape index (κ3) is 2.71. The molecule has 0 aromatic rings. The normalized spacial score (nSPS) is 30.1. The number of nitrogens with two attached hydrogens (primary N) is 1. The van der Waals surface area contributed by atoms with Crippen molar-refractivity contribution in [3.8, 4) is 0 Å². The Bertz CT molecular complexity index is 185. The highest BCUT2D eigenvalue weighted by Gasteiger charge is 2.31. The maximum atomic E-state index is 10.9. The van der Waals surface area contributed by atoms with Gasteiger partial charge in [-0.25, -0.2) is 0 Å². The number of amides is 1. The highest BCUT2D eigenvalue weighted by atomic mass is 16.1. The third-order valence-corrected chi connectivity index (χ3v) is 3.35. The maximum absolute atomic E-state index is 10.9. The topological polar surface area (TPSA) is 43.1 Å². The summed E-state index contributed by atoms with van der Waals surface area (Å²) in [7, 11) is 0. The average molecular weight is 183 g/mol. The molecule has 0 heterocycles. The number of rotatable bonds is 1. The lowest BCUT2D eigenvalue weighted by atomic mass is 9.70. The fourth-order valence-electron chi connectivity index (χ4n) is 2.24. The van der Waals surface area contributed by atoms with Gasteiger partial charge in [0.15, 0.2) is 0 Å². The first-order valence-electron chi connectivity index (χ1n) is 5.20. The fraction of sp³-hybridized carbons (Fsp3) is 0.909. The van der Waals surface area contributed by atoms with Crippen LogP contribution in [0.25, 0.3) is 0 Å². The predicted molar refractivity (Wildman–Crippen MR) is 54.1 cm³/mol. The van der Waals surface area contributed by atoms with Crippen molar-refractivity contribution in [2.45, 2.75) is 46.5 Å². The van der Waals surface area contributed by atoms with E-state index in [2.05, 4.69) is 20.8 Å². The first kappa shape index (κ1) is 10.6. The zero-order valence-corrected chi connectivity index (χ0v) is 8.97. The van der Waals surface area contributed by atoms with Gasteiger partial charge in [-0.15, -0.1) is 0 Å². The lowest BCUT2D eigenvalue weighted by Gasteiger charge is -2.36. The van der Waals surface area contributed by atoms with E-state index in [4.69, 9.17) is 5.73 Å². The molecule has 1 aliphatic carbocycles. The van der Waals surface area contributed by atoms with Crippen LogP contribution in [0.5, 0.6) is 0 Å². The molecule has 0 atom stereocenters. The summed E-state index contributed by atoms with van der Waals surface area (Å²) in [5.41, 5.74) is 5.67. The van der Waals surface area contributed by atoms with E-state index in [0.717, 1.165) is 31.6 Å². The Kier molecular flexibility index (Phi) is 2.99. The van der Waals surface area contributed by atoms with Crippen LogP contribution in [0.15, 0.2) is 0 Å². The summed E-state index contributed by atoms with van der Waals surface area (Å²) in [5.74, 6) is 0.814. The average Bonchev–Trinajstić information content (AvgIpc) is 2.03. The monoisotopic (exact) mass is 183 g/mol. The molecule has 0 aliphatic heterocycles. The Labute approximate surface area is 80.9 Å². The van der Waals surface area contributed by atoms with Gasteiger partial charge in [0.05, 0.1) is 0 Å². The molecule has 2 N–H and O–H groups in total. The zero-order chi connectivity index (χ0) is 10.1. The first-order chi connectivity index (χ1) is 5.91. The van der Waals surface area contributed by atoms with Gasteiger partial charge in [-0.3, -0.25) is 4.79 Å². The number of carbonyl (C=O) groups is 1. The minimum atomic E-state index is -0.104. The van der Waals surface area contributed by atoms with E-state index in [-0.39, 0.29) is 11.8 Å². The van der Waals surface area contributed by atoms with Crippen LogP contribution in [0.4, 0.5) is 0 Å². The molecule has 0 radical (unpaired) electrons. The fourth-order valence-corrected chi connectivity index (χ4v) is 2.24. The first-order valence-corrected chi connectivity index (χ1v) is 5.20. The number of hydrogen-bond donors (Lipinski definition) is 1. The standard InChI is InChI=1S/C11H21NO/c1-11(2,3)9-6-4-8(5-7-9)10(12)13/h8-9H,4-7H2,1-3H3,(H2,12,13). The molecule has 2 nitrogen and oxygen atoms in total. The van der Waals surface area contributed by atoms with Crippen LogP contribution in [0.2, 0.25) is 0 Å². The van der Waals surface area contributed by atoms with Crippen molar-refractivity contribution in [2.75, 3.05) is 0 Å². The van der Waals surface area contributed by atoms with Crippen LogP contribution >= 0.6 is 0 Å². The third-order valence-electron chi connectivity index (χ3n) is 3.35. The summed E-state index contributed by atoms with van der Waals surface area (Å²) in [6.07, 6.45) is 4.32. The molecule has 0 unspecified atom stereocenters. The molecule has 0 aromatic carbocycles. The van der Waals surface area contributed by atoms with Crippen molar-refractivity contribution in [1.82, 2.24) is 0 Å². The molecule has 1 fully saturated rings. The van der Waals surface area contributed by atoms with Gasteiger partial charge in [0.2, 0.25) is 5.91 Å². The van der Waals surface area contributed by atoms with Crippen molar-refractivity contribution in [3.05, 3.63) is 0 Å². The van der Waals surface area contributed by atoms with Crippen molar-refractivity contribution in [3.63, 3.8) is 0 Å². The van der Waals surface area contributed by atoms with Gasteiger partial charge in [0.1, 0.15) is 0 Å². The molecule has 0 spiro atoms. The summed E-state index contributed by atoms with van der Waals surface area (Å²) in [4.78, 5) is 10.9. The minimum absolute atomic E-state index is 0.104. The van der Waals surface area contributed by atoms with Crippen LogP contribution in [0.1, 0.15) is 46.5 Å². The van der Waals surface area contributed by atoms with Crippen LogP contribution < -0.4 is 5.73 Å². The Morgan fingerprint density at radius 2 is 1.62 bits per heavy atom. The second-order valence-corrected chi connectivity index (χ2v) is 5.32. The van der Waals surface area contributed by atoms with Gasteiger partial charge in [-0.2, -0.15) is 0 Å². The Hall–Kier alpha value is -0.530. The Balaban J connectivity index is 2.44. The van der Waals surface area contributed by atoms with E-state index in [1.165, 1.54) is 0 Å². The summed E-state index contributed by atoms with van der Waals surface area (Å²) >= 11 is 0. The summed E-state index contributed by atoms with van der Waals surface area (Å²) < 4.78 is 0. The lowest BCUT2D eigenvalue weighted by molar-refractivity contribution is -0.123. The number of hydrogen-bond acceptors (Lipinski definition) is 1. The summed E-state index contributed by atoms with van der Waals surface area (Å²) in [6, 6.07) is 0. The molecule has 0 saturated heterocycles. The highest BCUT2D eigenvalue weighted by Crippen LogP contribution is 2.39. The molecule has 76 valence electrons. The van der Waals surface area contributed by atoms with Gasteiger partial charge in [0.25, 0.3) is 0 Å². The van der Waals surface area contributed by atoms with Gasteiger partial charge in [-0.05, 0) is 37.0 Å². The molecule has 0 aromatic heterocycles. The van der Waals surface area contributed by atoms with Crippen LogP contribution in [-0.4, -0.2) is 5.91 Å². The number of carbonyl (C=O) groups excluding carboxylic acids is 1. The molecule has 2 heteroatoms. The second kappa shape index (κ2) is 3.69. The van der Waals surface area contributed by atoms with E-state index < -0.39 is 0 Å². The van der Waals surface area contributed by atoms with Crippen molar-refractivity contribution < 1.29 is 4.79 Å². The van der Waals surface area contributed by atoms with E-state index in [9.17, 15) is 4.79 Å². The summed E-state index contributed by atoms with van der Waals surface area (Å²) in [5, 5.41) is 0. The quantitative estimate of drug-likeness (QED) is 0.666. The molecule has 1 rings (SSSR count). The smallest absolute Gasteiger partial charge is 0.220 e. The maximum Gasteiger partial charge on any atom is 0.220 e. The second-order valence-electron chi connectivity index (χ2n) is 5.32. The molecular formula is C11H21NO. The minimum Gasteiger partial charge on any atom is -0.369 e. The van der Waals surface area contributed by atoms with Crippen molar-refractivity contribution in [2.24, 2.45) is 23.0 Å². The summed E-state index contributed by atoms with van der Waals surface area (Å²) in [6.45, 7) is 6.84. The predicted octanol–water partition coefficient (Wildman–Crippen LogP) is 2.32. The molecule has 13 heavy (non-hydrogen) atoms. The molecular weight excluding hydrogens is 162 g/mol. The molecule has 0 bridgehead atoms. The van der Waals surface area contributed by atoms with Crippen molar-refractivity contribution in [1.29, 1.82) is 0 Å². The van der Waals surface area contributed by atoms with Crippen LogP contribution in [0, 0.1) is 17.3 Å². The Morgan fingerprint density at radius 3 is 1.92 bits per heavy atom. The van der Waals surface area contributed by atoms with E-state index in [0.29, 0.717) is 5.41 Å². The van der Waals surface area contributed by atoms with E-state index >= 15 is 0 Å². The molecule has 1 amide bonds. The van der Waals surface area contributed by atoms with Crippen LogP contribution in [0.3, 0.4) is 0 Å². The highest BCUT2D eigenvalue weighted by molar-refractivity contribution is 5.76. The number of primary amides is 1. The molecule has 1 saturated carbocycles. The lowest BCUT2D eigenvalue weighted by Crippen LogP contribution is -2.31. The van der Waals surface area contributed by atoms with E-state index in [1.807, 2.05) is 0 Å². The zero-order valence-electron chi connectivity index (χ0n) is 8.97. The van der Waals surface area contributed by atoms with Gasteiger partial charge >= 0.3 is 0 Å². The SMILES string of the molecule is CC(C)(C)C1CCC(C(N)=O)CC1. The largest absolute Gasteiger partial charge is 0.369 e. The van der Waals surface area contributed by atoms with Gasteiger partial charge < -0.3 is 5.73 Å². The molecule has 1 aliphatic rings. The van der Waals surface area contributed by atoms with Crippen molar-refractivity contribution >= 4 is 5.91 Å². The van der Waals surface area contributed by atoms with E-state index in [1.54, 1.807) is 0 Å².